The molecule has 0 bridgehead atoms. The predicted molar refractivity (Wildman–Crippen MR) is 321 cm³/mol. The van der Waals surface area contributed by atoms with Crippen molar-refractivity contribution in [1.29, 1.82) is 0 Å². The summed E-state index contributed by atoms with van der Waals surface area (Å²) in [6.45, 7) is 6.58. The number of hydrogen-bond acceptors (Lipinski definition) is 6. The van der Waals surface area contributed by atoms with Gasteiger partial charge in [-0.1, -0.05) is 320 Å². The third-order valence-electron chi connectivity index (χ3n) is 14.6. The van der Waals surface area contributed by atoms with Gasteiger partial charge in [-0.25, -0.2) is 0 Å². The zero-order valence-electron chi connectivity index (χ0n) is 49.6. The van der Waals surface area contributed by atoms with Crippen molar-refractivity contribution in [3.63, 3.8) is 0 Å². The molecule has 1 unspecified atom stereocenters. The SMILES string of the molecule is CC/C=C\C/C=C\C/C=C\C/C=C\CCCCCCCCC(=O)OC(COC(=O)CCCCCCCCCCCCCCCCCCC)COC(=O)CCCCCCCCCCCCCCCCCCCCCC. The summed E-state index contributed by atoms with van der Waals surface area (Å²) in [6.07, 6.45) is 78.3. The highest BCUT2D eigenvalue weighted by Gasteiger charge is 2.19. The van der Waals surface area contributed by atoms with Gasteiger partial charge in [0.15, 0.2) is 6.10 Å². The predicted octanol–water partition coefficient (Wildman–Crippen LogP) is 22.2. The lowest BCUT2D eigenvalue weighted by Gasteiger charge is -2.18. The van der Waals surface area contributed by atoms with Gasteiger partial charge in [-0.15, -0.1) is 0 Å². The largest absolute Gasteiger partial charge is 0.462 e. The fraction of sp³-hybridized carbons (Fsp3) is 0.838. The van der Waals surface area contributed by atoms with Crippen molar-refractivity contribution >= 4 is 17.9 Å². The number of rotatable bonds is 60. The number of ether oxygens (including phenoxy) is 3. The van der Waals surface area contributed by atoms with E-state index in [1.54, 1.807) is 0 Å². The fourth-order valence-corrected chi connectivity index (χ4v) is 9.73. The van der Waals surface area contributed by atoms with E-state index in [0.29, 0.717) is 19.3 Å². The highest BCUT2D eigenvalue weighted by atomic mass is 16.6. The van der Waals surface area contributed by atoms with Gasteiger partial charge in [-0.3, -0.25) is 14.4 Å². The summed E-state index contributed by atoms with van der Waals surface area (Å²) in [5, 5.41) is 0. The molecule has 432 valence electrons. The summed E-state index contributed by atoms with van der Waals surface area (Å²) >= 11 is 0. The van der Waals surface area contributed by atoms with Gasteiger partial charge in [0.1, 0.15) is 13.2 Å². The third kappa shape index (κ3) is 60.2. The first-order chi connectivity index (χ1) is 36.5. The van der Waals surface area contributed by atoms with Crippen molar-refractivity contribution in [2.75, 3.05) is 13.2 Å². The number of esters is 3. The van der Waals surface area contributed by atoms with Gasteiger partial charge in [-0.2, -0.15) is 0 Å². The highest BCUT2D eigenvalue weighted by molar-refractivity contribution is 5.71. The molecular weight excluding hydrogens is 913 g/mol. The van der Waals surface area contributed by atoms with Crippen molar-refractivity contribution in [3.05, 3.63) is 48.6 Å². The van der Waals surface area contributed by atoms with Crippen molar-refractivity contribution in [1.82, 2.24) is 0 Å². The minimum Gasteiger partial charge on any atom is -0.462 e. The van der Waals surface area contributed by atoms with Crippen LogP contribution in [-0.2, 0) is 28.6 Å². The maximum absolute atomic E-state index is 12.9. The first-order valence-electron chi connectivity index (χ1n) is 32.6. The second kappa shape index (κ2) is 62.9. The van der Waals surface area contributed by atoms with Gasteiger partial charge < -0.3 is 14.2 Å². The Labute approximate surface area is 460 Å². The van der Waals surface area contributed by atoms with E-state index in [1.807, 2.05) is 0 Å². The normalized spacial score (nSPS) is 12.3. The molecule has 6 heteroatoms. The molecule has 0 N–H and O–H groups in total. The lowest BCUT2D eigenvalue weighted by atomic mass is 10.0. The molecule has 74 heavy (non-hydrogen) atoms. The van der Waals surface area contributed by atoms with Crippen LogP contribution < -0.4 is 0 Å². The smallest absolute Gasteiger partial charge is 0.306 e. The summed E-state index contributed by atoms with van der Waals surface area (Å²) in [6, 6.07) is 0. The number of unbranched alkanes of at least 4 members (excludes halogenated alkanes) is 41. The molecule has 0 saturated heterocycles. The van der Waals surface area contributed by atoms with Gasteiger partial charge in [0, 0.05) is 19.3 Å². The average Bonchev–Trinajstić information content (AvgIpc) is 3.40. The molecule has 0 heterocycles. The number of allylic oxidation sites excluding steroid dienone is 8. The number of hydrogen-bond donors (Lipinski definition) is 0. The third-order valence-corrected chi connectivity index (χ3v) is 14.6. The summed E-state index contributed by atoms with van der Waals surface area (Å²) in [4.78, 5) is 38.4. The van der Waals surface area contributed by atoms with Gasteiger partial charge >= 0.3 is 17.9 Å². The Balaban J connectivity index is 4.35. The molecule has 0 aliphatic carbocycles. The first-order valence-corrected chi connectivity index (χ1v) is 32.6. The van der Waals surface area contributed by atoms with Gasteiger partial charge in [0.2, 0.25) is 0 Å². The lowest BCUT2D eigenvalue weighted by Crippen LogP contribution is -2.30. The van der Waals surface area contributed by atoms with E-state index in [-0.39, 0.29) is 31.1 Å². The summed E-state index contributed by atoms with van der Waals surface area (Å²) in [5.74, 6) is -0.862. The topological polar surface area (TPSA) is 78.9 Å². The minimum atomic E-state index is -0.779. The van der Waals surface area contributed by atoms with Crippen molar-refractivity contribution in [2.24, 2.45) is 0 Å². The van der Waals surface area contributed by atoms with Gasteiger partial charge in [0.05, 0.1) is 0 Å². The Morgan fingerprint density at radius 2 is 0.527 bits per heavy atom. The molecule has 0 amide bonds. The van der Waals surface area contributed by atoms with Crippen molar-refractivity contribution in [3.8, 4) is 0 Å². The maximum Gasteiger partial charge on any atom is 0.306 e. The molecule has 0 fully saturated rings. The van der Waals surface area contributed by atoms with Gasteiger partial charge in [-0.05, 0) is 57.8 Å². The molecule has 0 aromatic heterocycles. The van der Waals surface area contributed by atoms with E-state index in [0.717, 1.165) is 96.3 Å². The Bertz CT molecular complexity index is 1280. The van der Waals surface area contributed by atoms with Crippen LogP contribution in [0.3, 0.4) is 0 Å². The molecule has 0 saturated carbocycles. The molecule has 0 radical (unpaired) electrons. The second-order valence-corrected chi connectivity index (χ2v) is 22.0. The standard InChI is InChI=1S/C68H124O6/c1-4-7-10-13-16-19-22-25-28-31-33-35-37-40-43-46-49-52-55-58-61-67(70)73-64-65(63-72-66(69)60-57-54-51-48-45-42-39-36-30-27-24-21-18-15-12-9-6-3)74-68(71)62-59-56-53-50-47-44-41-38-34-32-29-26-23-20-17-14-11-8-5-2/h8,11,17,20,26,29,34,38,65H,4-7,9-10,12-16,18-19,21-25,27-28,30-33,35-37,39-64H2,1-3H3/b11-8-,20-17-,29-26-,38-34-. The van der Waals surface area contributed by atoms with Crippen LogP contribution in [0.4, 0.5) is 0 Å². The molecule has 0 aromatic carbocycles. The molecule has 0 aliphatic rings. The van der Waals surface area contributed by atoms with E-state index in [9.17, 15) is 14.4 Å². The molecule has 0 rings (SSSR count). The molecular formula is C68H124O6. The van der Waals surface area contributed by atoms with E-state index < -0.39 is 6.10 Å². The highest BCUT2D eigenvalue weighted by Crippen LogP contribution is 2.18. The Morgan fingerprint density at radius 3 is 0.824 bits per heavy atom. The summed E-state index contributed by atoms with van der Waals surface area (Å²) in [5.41, 5.74) is 0. The van der Waals surface area contributed by atoms with Gasteiger partial charge in [0.25, 0.3) is 0 Å². The van der Waals surface area contributed by atoms with Crippen LogP contribution >= 0.6 is 0 Å². The first kappa shape index (κ1) is 71.4. The quantitative estimate of drug-likeness (QED) is 0.0261. The molecule has 0 aromatic rings. The average molecular weight is 1040 g/mol. The van der Waals surface area contributed by atoms with E-state index >= 15 is 0 Å². The molecule has 1 atom stereocenters. The monoisotopic (exact) mass is 1040 g/mol. The van der Waals surface area contributed by atoms with E-state index in [1.165, 1.54) is 212 Å². The second-order valence-electron chi connectivity index (χ2n) is 22.0. The number of carbonyl (C=O) groups excluding carboxylic acids is 3. The van der Waals surface area contributed by atoms with Crippen LogP contribution in [0.1, 0.15) is 348 Å². The van der Waals surface area contributed by atoms with Crippen LogP contribution in [-0.4, -0.2) is 37.2 Å². The zero-order valence-corrected chi connectivity index (χ0v) is 49.6. The molecule has 0 spiro atoms. The fourth-order valence-electron chi connectivity index (χ4n) is 9.73. The van der Waals surface area contributed by atoms with Crippen molar-refractivity contribution < 1.29 is 28.6 Å². The van der Waals surface area contributed by atoms with Crippen LogP contribution in [0.25, 0.3) is 0 Å². The number of carbonyl (C=O) groups is 3. The van der Waals surface area contributed by atoms with Crippen LogP contribution in [0.5, 0.6) is 0 Å². The van der Waals surface area contributed by atoms with Crippen LogP contribution in [0.15, 0.2) is 48.6 Å². The van der Waals surface area contributed by atoms with Crippen LogP contribution in [0, 0.1) is 0 Å². The summed E-state index contributed by atoms with van der Waals surface area (Å²) in [7, 11) is 0. The maximum atomic E-state index is 12.9. The summed E-state index contributed by atoms with van der Waals surface area (Å²) < 4.78 is 17.0. The van der Waals surface area contributed by atoms with E-state index in [2.05, 4.69) is 69.4 Å². The Kier molecular flexibility index (Phi) is 60.7. The molecule has 0 aliphatic heterocycles. The zero-order chi connectivity index (χ0) is 53.6. The van der Waals surface area contributed by atoms with Crippen LogP contribution in [0.2, 0.25) is 0 Å². The minimum absolute atomic E-state index is 0.0740. The lowest BCUT2D eigenvalue weighted by molar-refractivity contribution is -0.167. The van der Waals surface area contributed by atoms with E-state index in [4.69, 9.17) is 14.2 Å². The molecule has 6 nitrogen and oxygen atoms in total. The Morgan fingerprint density at radius 1 is 0.284 bits per heavy atom. The van der Waals surface area contributed by atoms with Crippen molar-refractivity contribution in [2.45, 2.75) is 354 Å². The Hall–Kier alpha value is -2.63.